The Hall–Kier alpha value is -2.48. The van der Waals surface area contributed by atoms with E-state index in [2.05, 4.69) is 4.98 Å². The molecule has 0 unspecified atom stereocenters. The van der Waals surface area contributed by atoms with Crippen LogP contribution in [-0.4, -0.2) is 34.4 Å². The molecular weight excluding hydrogens is 292 g/mol. The van der Waals surface area contributed by atoms with Crippen molar-refractivity contribution < 1.29 is 14.3 Å². The van der Waals surface area contributed by atoms with Gasteiger partial charge in [-0.15, -0.1) is 0 Å². The number of aromatic nitrogens is 2. The number of amides is 3. The van der Waals surface area contributed by atoms with Crippen molar-refractivity contribution in [1.29, 1.82) is 0 Å². The lowest BCUT2D eigenvalue weighted by molar-refractivity contribution is -0.117. The molecule has 0 aliphatic carbocycles. The van der Waals surface area contributed by atoms with E-state index in [0.717, 1.165) is 11.4 Å². The monoisotopic (exact) mass is 306 g/mol. The number of methoxy groups -OCH3 is 1. The summed E-state index contributed by atoms with van der Waals surface area (Å²) in [4.78, 5) is 26.1. The van der Waals surface area contributed by atoms with Crippen molar-refractivity contribution in [3.63, 3.8) is 0 Å². The average molecular weight is 306 g/mol. The van der Waals surface area contributed by atoms with Gasteiger partial charge in [-0.25, -0.2) is 9.78 Å². The number of hydrogen-bond acceptors (Lipinski definition) is 5. The number of ether oxygens (including phenoxy) is 1. The summed E-state index contributed by atoms with van der Waals surface area (Å²) in [5, 5.41) is 2.64. The Morgan fingerprint density at radius 2 is 2.10 bits per heavy atom. The fourth-order valence-corrected chi connectivity index (χ4v) is 2.41. The van der Waals surface area contributed by atoms with Gasteiger partial charge < -0.3 is 10.5 Å². The molecule has 7 nitrogen and oxygen atoms in total. The Morgan fingerprint density at radius 3 is 2.71 bits per heavy atom. The number of urea groups is 1. The Balaban J connectivity index is 2.07. The highest BCUT2D eigenvalue weighted by Gasteiger charge is 2.10. The Bertz CT molecular complexity index is 639. The van der Waals surface area contributed by atoms with E-state index in [9.17, 15) is 9.59 Å². The lowest BCUT2D eigenvalue weighted by Gasteiger charge is -2.08. The number of nitrogens with one attached hydrogen (secondary N) is 1. The van der Waals surface area contributed by atoms with Crippen molar-refractivity contribution in [3.8, 4) is 11.4 Å². The molecule has 2 rings (SSSR count). The van der Waals surface area contributed by atoms with Crippen LogP contribution >= 0.6 is 11.8 Å². The number of imide groups is 1. The fourth-order valence-electron chi connectivity index (χ4n) is 1.64. The van der Waals surface area contributed by atoms with E-state index in [1.165, 1.54) is 11.8 Å². The number of benzene rings is 1. The van der Waals surface area contributed by atoms with Gasteiger partial charge in [0.1, 0.15) is 5.75 Å². The van der Waals surface area contributed by atoms with Crippen LogP contribution in [0.25, 0.3) is 5.69 Å². The van der Waals surface area contributed by atoms with Gasteiger partial charge in [-0.3, -0.25) is 14.7 Å². The summed E-state index contributed by atoms with van der Waals surface area (Å²) >= 11 is 1.21. The number of carbonyl (C=O) groups is 2. The summed E-state index contributed by atoms with van der Waals surface area (Å²) < 4.78 is 6.94. The number of primary amides is 1. The van der Waals surface area contributed by atoms with Crippen LogP contribution in [0.2, 0.25) is 0 Å². The molecule has 0 aliphatic heterocycles. The zero-order chi connectivity index (χ0) is 15.2. The van der Waals surface area contributed by atoms with Gasteiger partial charge in [0, 0.05) is 18.1 Å². The van der Waals surface area contributed by atoms with Crippen molar-refractivity contribution >= 4 is 23.7 Å². The molecule has 1 heterocycles. The molecule has 0 fully saturated rings. The molecular formula is C13H14N4O3S. The highest BCUT2D eigenvalue weighted by atomic mass is 32.2. The maximum Gasteiger partial charge on any atom is 0.318 e. The van der Waals surface area contributed by atoms with Crippen LogP contribution in [0.4, 0.5) is 4.79 Å². The third-order valence-corrected chi connectivity index (χ3v) is 3.52. The minimum atomic E-state index is -0.862. The first kappa shape index (κ1) is 14.9. The lowest BCUT2D eigenvalue weighted by Crippen LogP contribution is -2.36. The minimum Gasteiger partial charge on any atom is -0.497 e. The first-order valence-corrected chi connectivity index (χ1v) is 6.98. The minimum absolute atomic E-state index is 0.0517. The van der Waals surface area contributed by atoms with E-state index in [1.807, 2.05) is 34.1 Å². The summed E-state index contributed by atoms with van der Waals surface area (Å²) in [5.41, 5.74) is 5.77. The maximum atomic E-state index is 11.4. The van der Waals surface area contributed by atoms with Crippen LogP contribution < -0.4 is 15.8 Å². The Kier molecular flexibility index (Phi) is 4.83. The molecule has 0 spiro atoms. The number of rotatable bonds is 5. The molecule has 110 valence electrons. The lowest BCUT2D eigenvalue weighted by atomic mass is 10.3. The number of hydrogen-bond donors (Lipinski definition) is 2. The third kappa shape index (κ3) is 3.99. The second-order valence-electron chi connectivity index (χ2n) is 3.98. The molecule has 8 heteroatoms. The predicted octanol–water partition coefficient (Wildman–Crippen LogP) is 1.17. The second kappa shape index (κ2) is 6.80. The number of nitrogens with two attached hydrogens (primary N) is 1. The van der Waals surface area contributed by atoms with Crippen molar-refractivity contribution in [3.05, 3.63) is 36.7 Å². The van der Waals surface area contributed by atoms with Crippen LogP contribution in [0, 0.1) is 0 Å². The number of carbonyl (C=O) groups excluding carboxylic acids is 2. The van der Waals surface area contributed by atoms with Gasteiger partial charge in [-0.1, -0.05) is 11.8 Å². The predicted molar refractivity (Wildman–Crippen MR) is 78.6 cm³/mol. The number of thioether (sulfide) groups is 1. The summed E-state index contributed by atoms with van der Waals surface area (Å²) in [6, 6.07) is 6.58. The number of imidazole rings is 1. The van der Waals surface area contributed by atoms with E-state index < -0.39 is 11.9 Å². The van der Waals surface area contributed by atoms with Crippen LogP contribution in [-0.2, 0) is 4.79 Å². The highest BCUT2D eigenvalue weighted by Crippen LogP contribution is 2.21. The molecule has 3 N–H and O–H groups in total. The van der Waals surface area contributed by atoms with Gasteiger partial charge in [0.15, 0.2) is 5.16 Å². The Morgan fingerprint density at radius 1 is 1.38 bits per heavy atom. The fraction of sp³-hybridized carbons (Fsp3) is 0.154. The Labute approximate surface area is 125 Å². The van der Waals surface area contributed by atoms with Gasteiger partial charge in [-0.05, 0) is 24.3 Å². The van der Waals surface area contributed by atoms with E-state index in [0.29, 0.717) is 5.16 Å². The molecule has 0 saturated carbocycles. The number of nitrogens with zero attached hydrogens (tertiary/aromatic N) is 2. The van der Waals surface area contributed by atoms with Gasteiger partial charge >= 0.3 is 6.03 Å². The molecule has 0 saturated heterocycles. The molecule has 0 atom stereocenters. The van der Waals surface area contributed by atoms with Crippen molar-refractivity contribution in [2.75, 3.05) is 12.9 Å². The SMILES string of the molecule is COc1ccc(-n2ccnc2SCC(=O)NC(N)=O)cc1. The van der Waals surface area contributed by atoms with Gasteiger partial charge in [0.05, 0.1) is 12.9 Å². The van der Waals surface area contributed by atoms with Crippen LogP contribution in [0.5, 0.6) is 5.75 Å². The molecule has 1 aromatic carbocycles. The summed E-state index contributed by atoms with van der Waals surface area (Å²) in [7, 11) is 1.60. The first-order chi connectivity index (χ1) is 10.1. The van der Waals surface area contributed by atoms with E-state index in [4.69, 9.17) is 10.5 Å². The van der Waals surface area contributed by atoms with E-state index in [1.54, 1.807) is 19.5 Å². The molecule has 0 radical (unpaired) electrons. The topological polar surface area (TPSA) is 99.2 Å². The quantitative estimate of drug-likeness (QED) is 0.808. The van der Waals surface area contributed by atoms with Crippen molar-refractivity contribution in [2.45, 2.75) is 5.16 Å². The second-order valence-corrected chi connectivity index (χ2v) is 4.92. The van der Waals surface area contributed by atoms with E-state index >= 15 is 0 Å². The normalized spacial score (nSPS) is 10.1. The van der Waals surface area contributed by atoms with Gasteiger partial charge in [-0.2, -0.15) is 0 Å². The third-order valence-electron chi connectivity index (χ3n) is 2.55. The molecule has 0 bridgehead atoms. The summed E-state index contributed by atoms with van der Waals surface area (Å²) in [6.45, 7) is 0. The van der Waals surface area contributed by atoms with Gasteiger partial charge in [0.2, 0.25) is 5.91 Å². The van der Waals surface area contributed by atoms with Gasteiger partial charge in [0.25, 0.3) is 0 Å². The molecule has 21 heavy (non-hydrogen) atoms. The largest absolute Gasteiger partial charge is 0.497 e. The van der Waals surface area contributed by atoms with Crippen molar-refractivity contribution in [1.82, 2.24) is 14.9 Å². The van der Waals surface area contributed by atoms with Crippen LogP contribution in [0.15, 0.2) is 41.8 Å². The van der Waals surface area contributed by atoms with E-state index in [-0.39, 0.29) is 5.75 Å². The average Bonchev–Trinajstić information content (AvgIpc) is 2.93. The molecule has 1 aromatic heterocycles. The standard InChI is InChI=1S/C13H14N4O3S/c1-20-10-4-2-9(3-5-10)17-7-6-15-13(17)21-8-11(18)16-12(14)19/h2-7H,8H2,1H3,(H3,14,16,18,19). The molecule has 3 amide bonds. The summed E-state index contributed by atoms with van der Waals surface area (Å²) in [6.07, 6.45) is 3.43. The van der Waals surface area contributed by atoms with Crippen LogP contribution in [0.1, 0.15) is 0 Å². The smallest absolute Gasteiger partial charge is 0.318 e. The van der Waals surface area contributed by atoms with Crippen LogP contribution in [0.3, 0.4) is 0 Å². The van der Waals surface area contributed by atoms with Crippen molar-refractivity contribution in [2.24, 2.45) is 5.73 Å². The molecule has 0 aliphatic rings. The zero-order valence-corrected chi connectivity index (χ0v) is 12.1. The molecule has 2 aromatic rings. The zero-order valence-electron chi connectivity index (χ0n) is 11.3. The first-order valence-electron chi connectivity index (χ1n) is 6.00. The highest BCUT2D eigenvalue weighted by molar-refractivity contribution is 7.99. The maximum absolute atomic E-state index is 11.4. The summed E-state index contributed by atoms with van der Waals surface area (Å²) in [5.74, 6) is 0.349.